The minimum Gasteiger partial charge on any atom is -0.478 e. The number of benzene rings is 2. The normalized spacial score (nSPS) is 22.7. The van der Waals surface area contributed by atoms with Crippen molar-refractivity contribution in [2.45, 2.75) is 43.9 Å². The van der Waals surface area contributed by atoms with Crippen LogP contribution in [0.4, 0.5) is 0 Å². The highest BCUT2D eigenvalue weighted by atomic mass is 16.6. The standard InChI is InChI=1S/C25H25NO7/c27-22(26-19-14-15-11-12-18(19)13-15)20(32-24(30)16-7-3-1-4-8-16)21(23(28)29)33-25(31)17-9-5-2-6-10-17/h1-10,15,18-21H,11-14H2,(H,26,27)(H,28,29)/t15-,18-,19-,20+,21-/m0/s1. The number of hydrogen-bond donors (Lipinski definition) is 2. The van der Waals surface area contributed by atoms with Crippen LogP contribution in [0.15, 0.2) is 60.7 Å². The van der Waals surface area contributed by atoms with Crippen LogP contribution in [0, 0.1) is 11.8 Å². The van der Waals surface area contributed by atoms with Crippen molar-refractivity contribution in [3.63, 3.8) is 0 Å². The average molecular weight is 451 g/mol. The van der Waals surface area contributed by atoms with E-state index in [1.54, 1.807) is 36.4 Å². The van der Waals surface area contributed by atoms with Gasteiger partial charge in [-0.05, 0) is 55.4 Å². The fourth-order valence-corrected chi connectivity index (χ4v) is 4.70. The van der Waals surface area contributed by atoms with E-state index in [1.807, 2.05) is 0 Å². The molecule has 8 heteroatoms. The molecule has 33 heavy (non-hydrogen) atoms. The van der Waals surface area contributed by atoms with Gasteiger partial charge in [0, 0.05) is 6.04 Å². The summed E-state index contributed by atoms with van der Waals surface area (Å²) in [5.74, 6) is -3.34. The zero-order valence-electron chi connectivity index (χ0n) is 17.9. The molecule has 0 spiro atoms. The van der Waals surface area contributed by atoms with Crippen LogP contribution in [0.3, 0.4) is 0 Å². The van der Waals surface area contributed by atoms with E-state index in [2.05, 4.69) is 5.32 Å². The Hall–Kier alpha value is -3.68. The van der Waals surface area contributed by atoms with Crippen LogP contribution in [-0.4, -0.2) is 47.2 Å². The predicted molar refractivity (Wildman–Crippen MR) is 116 cm³/mol. The Morgan fingerprint density at radius 2 is 1.33 bits per heavy atom. The van der Waals surface area contributed by atoms with Gasteiger partial charge in [-0.25, -0.2) is 14.4 Å². The van der Waals surface area contributed by atoms with Gasteiger partial charge in [0.1, 0.15) is 0 Å². The quantitative estimate of drug-likeness (QED) is 0.593. The first-order chi connectivity index (χ1) is 15.9. The molecule has 0 aromatic heterocycles. The largest absolute Gasteiger partial charge is 0.478 e. The lowest BCUT2D eigenvalue weighted by Crippen LogP contribution is -2.53. The second-order valence-corrected chi connectivity index (χ2v) is 8.51. The van der Waals surface area contributed by atoms with Crippen molar-refractivity contribution in [2.75, 3.05) is 0 Å². The SMILES string of the molecule is O=C(O[C@H](C(=O)O)[C@@H](OC(=O)c1ccccc1)C(=O)N[C@H]1C[C@H]2CC[C@H]1C2)c1ccccc1. The molecule has 0 heterocycles. The summed E-state index contributed by atoms with van der Waals surface area (Å²) in [5.41, 5.74) is 0.263. The molecule has 2 aliphatic rings. The summed E-state index contributed by atoms with van der Waals surface area (Å²) < 4.78 is 10.5. The van der Waals surface area contributed by atoms with E-state index in [9.17, 15) is 24.3 Å². The number of fused-ring (bicyclic) bond motifs is 2. The Labute approximate surface area is 190 Å². The Kier molecular flexibility index (Phi) is 6.72. The van der Waals surface area contributed by atoms with Crippen molar-refractivity contribution in [1.29, 1.82) is 0 Å². The molecule has 0 aliphatic heterocycles. The van der Waals surface area contributed by atoms with Crippen LogP contribution < -0.4 is 5.32 Å². The Balaban J connectivity index is 1.56. The van der Waals surface area contributed by atoms with Gasteiger partial charge in [-0.15, -0.1) is 0 Å². The number of carbonyl (C=O) groups excluding carboxylic acids is 3. The summed E-state index contributed by atoms with van der Waals surface area (Å²) >= 11 is 0. The molecule has 2 N–H and O–H groups in total. The summed E-state index contributed by atoms with van der Waals surface area (Å²) in [6.07, 6.45) is 0.0823. The van der Waals surface area contributed by atoms with Crippen LogP contribution in [0.25, 0.3) is 0 Å². The summed E-state index contributed by atoms with van der Waals surface area (Å²) in [7, 11) is 0. The summed E-state index contributed by atoms with van der Waals surface area (Å²) in [4.78, 5) is 50.4. The maximum absolute atomic E-state index is 13.2. The van der Waals surface area contributed by atoms with E-state index in [1.165, 1.54) is 24.3 Å². The number of carbonyl (C=O) groups is 4. The number of amides is 1. The molecular weight excluding hydrogens is 426 g/mol. The van der Waals surface area contributed by atoms with E-state index in [-0.39, 0.29) is 17.2 Å². The molecule has 8 nitrogen and oxygen atoms in total. The topological polar surface area (TPSA) is 119 Å². The lowest BCUT2D eigenvalue weighted by atomic mass is 9.95. The second-order valence-electron chi connectivity index (χ2n) is 8.51. The van der Waals surface area contributed by atoms with Crippen molar-refractivity contribution in [3.8, 4) is 0 Å². The molecule has 0 radical (unpaired) electrons. The van der Waals surface area contributed by atoms with Gasteiger partial charge in [0.15, 0.2) is 0 Å². The number of carboxylic acid groups (broad SMARTS) is 1. The number of rotatable bonds is 8. The van der Waals surface area contributed by atoms with E-state index >= 15 is 0 Å². The van der Waals surface area contributed by atoms with Crippen LogP contribution in [0.5, 0.6) is 0 Å². The minimum atomic E-state index is -2.01. The van der Waals surface area contributed by atoms with E-state index in [4.69, 9.17) is 9.47 Å². The van der Waals surface area contributed by atoms with Gasteiger partial charge in [0.25, 0.3) is 5.91 Å². The highest BCUT2D eigenvalue weighted by Crippen LogP contribution is 2.44. The zero-order chi connectivity index (χ0) is 23.4. The molecule has 2 bridgehead atoms. The Morgan fingerprint density at radius 1 is 0.788 bits per heavy atom. The van der Waals surface area contributed by atoms with Gasteiger partial charge >= 0.3 is 17.9 Å². The highest BCUT2D eigenvalue weighted by Gasteiger charge is 2.45. The van der Waals surface area contributed by atoms with E-state index < -0.39 is 36.0 Å². The zero-order valence-corrected chi connectivity index (χ0v) is 17.9. The monoisotopic (exact) mass is 451 g/mol. The molecule has 2 aromatic carbocycles. The molecule has 0 saturated heterocycles. The first-order valence-electron chi connectivity index (χ1n) is 11.0. The van der Waals surface area contributed by atoms with Crippen molar-refractivity contribution in [1.82, 2.24) is 5.32 Å². The Bertz CT molecular complexity index is 1020. The van der Waals surface area contributed by atoms with Crippen molar-refractivity contribution < 1.29 is 33.8 Å². The molecule has 1 amide bonds. The third kappa shape index (κ3) is 5.22. The fraction of sp³-hybridized carbons (Fsp3) is 0.360. The van der Waals surface area contributed by atoms with Crippen LogP contribution in [0.1, 0.15) is 46.4 Å². The van der Waals surface area contributed by atoms with Gasteiger partial charge in [-0.3, -0.25) is 4.79 Å². The average Bonchev–Trinajstić information content (AvgIpc) is 3.45. The van der Waals surface area contributed by atoms with Gasteiger partial charge < -0.3 is 19.9 Å². The second kappa shape index (κ2) is 9.85. The third-order valence-electron chi connectivity index (χ3n) is 6.33. The molecule has 2 fully saturated rings. The van der Waals surface area contributed by atoms with E-state index in [0.717, 1.165) is 25.7 Å². The van der Waals surface area contributed by atoms with Gasteiger partial charge in [-0.2, -0.15) is 0 Å². The predicted octanol–water partition coefficient (Wildman–Crippen LogP) is 2.83. The summed E-state index contributed by atoms with van der Waals surface area (Å²) in [5, 5.41) is 12.6. The molecule has 2 saturated carbocycles. The Morgan fingerprint density at radius 3 is 1.79 bits per heavy atom. The lowest BCUT2D eigenvalue weighted by Gasteiger charge is -2.28. The first-order valence-corrected chi connectivity index (χ1v) is 11.0. The molecule has 5 atom stereocenters. The van der Waals surface area contributed by atoms with Crippen LogP contribution in [0.2, 0.25) is 0 Å². The minimum absolute atomic E-state index is 0.116. The molecule has 0 unspecified atom stereocenters. The number of ether oxygens (including phenoxy) is 2. The summed E-state index contributed by atoms with van der Waals surface area (Å²) in [6.45, 7) is 0. The smallest absolute Gasteiger partial charge is 0.349 e. The maximum atomic E-state index is 13.2. The highest BCUT2D eigenvalue weighted by molar-refractivity contribution is 5.96. The first kappa shape index (κ1) is 22.5. The third-order valence-corrected chi connectivity index (χ3v) is 6.33. The van der Waals surface area contributed by atoms with Crippen molar-refractivity contribution >= 4 is 23.8 Å². The van der Waals surface area contributed by atoms with Gasteiger partial charge in [0.2, 0.25) is 12.2 Å². The number of esters is 2. The number of aliphatic carboxylic acids is 1. The molecule has 172 valence electrons. The van der Waals surface area contributed by atoms with E-state index in [0.29, 0.717) is 11.8 Å². The molecule has 4 rings (SSSR count). The summed E-state index contributed by atoms with van der Waals surface area (Å²) in [6, 6.07) is 15.6. The molecule has 2 aromatic rings. The van der Waals surface area contributed by atoms with Gasteiger partial charge in [-0.1, -0.05) is 42.8 Å². The fourth-order valence-electron chi connectivity index (χ4n) is 4.70. The number of nitrogens with one attached hydrogen (secondary N) is 1. The number of hydrogen-bond acceptors (Lipinski definition) is 6. The van der Waals surface area contributed by atoms with Crippen LogP contribution >= 0.6 is 0 Å². The van der Waals surface area contributed by atoms with Gasteiger partial charge in [0.05, 0.1) is 11.1 Å². The lowest BCUT2D eigenvalue weighted by molar-refractivity contribution is -0.159. The van der Waals surface area contributed by atoms with Crippen LogP contribution in [-0.2, 0) is 19.1 Å². The number of carboxylic acids is 1. The van der Waals surface area contributed by atoms with Crippen molar-refractivity contribution in [3.05, 3.63) is 71.8 Å². The van der Waals surface area contributed by atoms with Crippen molar-refractivity contribution in [2.24, 2.45) is 11.8 Å². The maximum Gasteiger partial charge on any atom is 0.349 e. The molecular formula is C25H25NO7. The molecule has 2 aliphatic carbocycles.